The highest BCUT2D eigenvalue weighted by Crippen LogP contribution is 2.45. The smallest absolute Gasteiger partial charge is 0.229 e. The van der Waals surface area contributed by atoms with Gasteiger partial charge in [0, 0.05) is 27.3 Å². The molecule has 1 aliphatic carbocycles. The number of rotatable bonds is 4. The maximum atomic E-state index is 13.6. The molecule has 0 amide bonds. The molecule has 0 fully saturated rings. The summed E-state index contributed by atoms with van der Waals surface area (Å²) >= 11 is 0. The normalized spacial score (nSPS) is 12.6. The summed E-state index contributed by atoms with van der Waals surface area (Å²) in [6.45, 7) is 1.67. The predicted molar refractivity (Wildman–Crippen MR) is 128 cm³/mol. The van der Waals surface area contributed by atoms with Gasteiger partial charge in [0.15, 0.2) is 17.3 Å². The van der Waals surface area contributed by atoms with E-state index < -0.39 is 0 Å². The number of hydrogen-bond donors (Lipinski definition) is 0. The molecule has 0 spiro atoms. The van der Waals surface area contributed by atoms with Crippen molar-refractivity contribution in [2.45, 2.75) is 13.5 Å². The minimum atomic E-state index is -0.369. The van der Waals surface area contributed by atoms with Crippen LogP contribution < -0.4 is 4.74 Å². The van der Waals surface area contributed by atoms with E-state index in [2.05, 4.69) is 0 Å². The van der Waals surface area contributed by atoms with Gasteiger partial charge in [-0.2, -0.15) is 0 Å². The number of ketones is 3. The zero-order valence-electron chi connectivity index (χ0n) is 18.3. The second kappa shape index (κ2) is 7.52. The fourth-order valence-electron chi connectivity index (χ4n) is 4.71. The van der Waals surface area contributed by atoms with Crippen molar-refractivity contribution in [3.05, 3.63) is 112 Å². The first-order valence-corrected chi connectivity index (χ1v) is 10.9. The van der Waals surface area contributed by atoms with Crippen molar-refractivity contribution < 1.29 is 23.5 Å². The average molecular weight is 446 g/mol. The van der Waals surface area contributed by atoms with Gasteiger partial charge in [-0.25, -0.2) is 0 Å². The molecule has 0 radical (unpaired) electrons. The number of hydrogen-bond acceptors (Lipinski definition) is 5. The van der Waals surface area contributed by atoms with Crippen molar-refractivity contribution in [2.24, 2.45) is 0 Å². The third kappa shape index (κ3) is 2.83. The first-order valence-electron chi connectivity index (χ1n) is 10.9. The van der Waals surface area contributed by atoms with Crippen LogP contribution in [0.1, 0.15) is 54.9 Å². The molecule has 0 N–H and O–H groups in total. The number of carbonyl (C=O) groups excluding carboxylic acids is 3. The van der Waals surface area contributed by atoms with Crippen LogP contribution in [-0.4, -0.2) is 17.3 Å². The molecule has 0 saturated carbocycles. The van der Waals surface area contributed by atoms with Gasteiger partial charge in [-0.15, -0.1) is 0 Å². The number of ether oxygens (including phenoxy) is 1. The van der Waals surface area contributed by atoms with E-state index in [1.807, 2.05) is 54.6 Å². The van der Waals surface area contributed by atoms with Crippen molar-refractivity contribution in [1.29, 1.82) is 0 Å². The number of fused-ring (bicyclic) bond motifs is 6. The van der Waals surface area contributed by atoms with Gasteiger partial charge in [0.1, 0.15) is 17.9 Å². The average Bonchev–Trinajstić information content (AvgIpc) is 3.27. The Morgan fingerprint density at radius 3 is 2.12 bits per heavy atom. The molecule has 1 heterocycles. The Morgan fingerprint density at radius 2 is 1.41 bits per heavy atom. The summed E-state index contributed by atoms with van der Waals surface area (Å²) in [5.74, 6) is -0.641. The van der Waals surface area contributed by atoms with Crippen molar-refractivity contribution in [3.8, 4) is 5.75 Å². The summed E-state index contributed by atoms with van der Waals surface area (Å²) in [6, 6.07) is 23.7. The van der Waals surface area contributed by atoms with Crippen molar-refractivity contribution in [2.75, 3.05) is 0 Å². The maximum Gasteiger partial charge on any atom is 0.229 e. The third-order valence-corrected chi connectivity index (χ3v) is 6.23. The van der Waals surface area contributed by atoms with Crippen LogP contribution in [-0.2, 0) is 6.61 Å². The Bertz CT molecular complexity index is 1660. The summed E-state index contributed by atoms with van der Waals surface area (Å²) in [5.41, 5.74) is 2.25. The molecule has 34 heavy (non-hydrogen) atoms. The van der Waals surface area contributed by atoms with Crippen LogP contribution in [0.5, 0.6) is 5.75 Å². The molecule has 0 bridgehead atoms. The van der Waals surface area contributed by atoms with Crippen LogP contribution in [0.4, 0.5) is 0 Å². The molecule has 0 saturated heterocycles. The van der Waals surface area contributed by atoms with Crippen molar-refractivity contribution in [1.82, 2.24) is 0 Å². The molecule has 4 aromatic carbocycles. The number of benzene rings is 4. The van der Waals surface area contributed by atoms with Gasteiger partial charge in [-0.3, -0.25) is 14.4 Å². The largest absolute Gasteiger partial charge is 0.487 e. The van der Waals surface area contributed by atoms with Crippen LogP contribution >= 0.6 is 0 Å². The summed E-state index contributed by atoms with van der Waals surface area (Å²) in [6.07, 6.45) is 0. The molecule has 164 valence electrons. The van der Waals surface area contributed by atoms with Gasteiger partial charge in [-0.1, -0.05) is 78.9 Å². The Kier molecular flexibility index (Phi) is 4.45. The molecule has 0 aliphatic heterocycles. The van der Waals surface area contributed by atoms with Gasteiger partial charge in [0.05, 0.1) is 11.1 Å². The lowest BCUT2D eigenvalue weighted by Gasteiger charge is -2.16. The number of furan rings is 1. The summed E-state index contributed by atoms with van der Waals surface area (Å²) in [4.78, 5) is 39.9. The summed E-state index contributed by atoms with van der Waals surface area (Å²) < 4.78 is 12.3. The molecule has 1 aliphatic rings. The molecule has 0 unspecified atom stereocenters. The Labute approximate surface area is 194 Å². The monoisotopic (exact) mass is 446 g/mol. The fraction of sp³-hybridized carbons (Fsp3) is 0.0690. The molecule has 5 aromatic rings. The van der Waals surface area contributed by atoms with E-state index >= 15 is 0 Å². The van der Waals surface area contributed by atoms with E-state index in [1.165, 1.54) is 6.92 Å². The lowest BCUT2D eigenvalue weighted by Crippen LogP contribution is -2.19. The van der Waals surface area contributed by atoms with E-state index in [0.29, 0.717) is 38.6 Å². The minimum Gasteiger partial charge on any atom is -0.487 e. The van der Waals surface area contributed by atoms with E-state index in [1.54, 1.807) is 24.3 Å². The third-order valence-electron chi connectivity index (χ3n) is 6.23. The quantitative estimate of drug-likeness (QED) is 0.304. The minimum absolute atomic E-state index is 0.0356. The zero-order valence-corrected chi connectivity index (χ0v) is 18.3. The highest BCUT2D eigenvalue weighted by Gasteiger charge is 2.38. The van der Waals surface area contributed by atoms with Gasteiger partial charge in [0.2, 0.25) is 5.78 Å². The molecular weight excluding hydrogens is 428 g/mol. The molecular formula is C29H18O5. The number of carbonyl (C=O) groups is 3. The lowest BCUT2D eigenvalue weighted by molar-refractivity contribution is 0.0962. The molecule has 0 atom stereocenters. The van der Waals surface area contributed by atoms with Crippen LogP contribution in [0.25, 0.3) is 21.7 Å². The first kappa shape index (κ1) is 20.1. The van der Waals surface area contributed by atoms with E-state index in [4.69, 9.17) is 9.15 Å². The van der Waals surface area contributed by atoms with E-state index in [9.17, 15) is 14.4 Å². The highest BCUT2D eigenvalue weighted by molar-refractivity contribution is 6.35. The van der Waals surface area contributed by atoms with Gasteiger partial charge in [-0.05, 0) is 12.5 Å². The first-order chi connectivity index (χ1) is 16.6. The van der Waals surface area contributed by atoms with Crippen LogP contribution in [0.3, 0.4) is 0 Å². The topological polar surface area (TPSA) is 73.6 Å². The van der Waals surface area contributed by atoms with Crippen LogP contribution in [0, 0.1) is 0 Å². The maximum absolute atomic E-state index is 13.6. The molecule has 1 aromatic heterocycles. The fourth-order valence-corrected chi connectivity index (χ4v) is 4.71. The van der Waals surface area contributed by atoms with Crippen molar-refractivity contribution in [3.63, 3.8) is 0 Å². The van der Waals surface area contributed by atoms with E-state index in [0.717, 1.165) is 5.56 Å². The Morgan fingerprint density at radius 1 is 0.794 bits per heavy atom. The second-order valence-electron chi connectivity index (χ2n) is 8.29. The van der Waals surface area contributed by atoms with Gasteiger partial charge >= 0.3 is 0 Å². The van der Waals surface area contributed by atoms with E-state index in [-0.39, 0.29) is 40.8 Å². The molecule has 5 nitrogen and oxygen atoms in total. The zero-order chi connectivity index (χ0) is 23.4. The van der Waals surface area contributed by atoms with Crippen molar-refractivity contribution >= 4 is 39.1 Å². The second-order valence-corrected chi connectivity index (χ2v) is 8.29. The molecule has 5 heteroatoms. The Hall–Kier alpha value is -4.51. The Balaban J connectivity index is 1.68. The summed E-state index contributed by atoms with van der Waals surface area (Å²) in [7, 11) is 0. The highest BCUT2D eigenvalue weighted by atomic mass is 16.5. The lowest BCUT2D eigenvalue weighted by atomic mass is 9.85. The SMILES string of the molecule is CC(=O)c1c(OCc2ccccc2)c2ccccc2c2oc3c(c12)C(=O)c1ccccc1C3=O. The van der Waals surface area contributed by atoms with Crippen LogP contribution in [0.15, 0.2) is 83.3 Å². The number of Topliss-reactive ketones (excluding diaryl/α,β-unsaturated/α-hetero) is 1. The van der Waals surface area contributed by atoms with Gasteiger partial charge in [0.25, 0.3) is 0 Å². The standard InChI is InChI=1S/C29H18O5/c1-16(30)22-23-24-25(31)18-11-5-6-12-19(18)26(32)29(24)34-28(23)21-14-8-7-13-20(21)27(22)33-15-17-9-3-2-4-10-17/h2-14H,15H2,1H3. The van der Waals surface area contributed by atoms with Crippen LogP contribution in [0.2, 0.25) is 0 Å². The summed E-state index contributed by atoms with van der Waals surface area (Å²) in [5, 5.41) is 1.68. The van der Waals surface area contributed by atoms with Gasteiger partial charge < -0.3 is 9.15 Å². The predicted octanol–water partition coefficient (Wildman–Crippen LogP) is 6.14. The molecule has 6 rings (SSSR count).